The van der Waals surface area contributed by atoms with Crippen LogP contribution in [0.15, 0.2) is 70.9 Å². The molecular weight excluding hydrogens is 418 g/mol. The standard InChI is InChI=1S/C22H21N3O3S2/c1-25(2)22(28)30-18-7-4-3-6-17(18)24-20(26)16-11-9-15(10-12-16)14-23-21(27)19-8-5-13-29-19/h3-13H,14H2,1-2H3,(H,23,27)(H,24,26). The normalized spacial score (nSPS) is 10.3. The minimum absolute atomic E-state index is 0.117. The molecule has 0 fully saturated rings. The molecule has 1 aromatic heterocycles. The van der Waals surface area contributed by atoms with Gasteiger partial charge in [-0.25, -0.2) is 0 Å². The molecule has 3 rings (SSSR count). The van der Waals surface area contributed by atoms with Crippen molar-refractivity contribution in [3.8, 4) is 0 Å². The van der Waals surface area contributed by atoms with Crippen LogP contribution in [0.4, 0.5) is 10.5 Å². The average Bonchev–Trinajstić information content (AvgIpc) is 3.28. The Kier molecular flexibility index (Phi) is 7.26. The number of carbonyl (C=O) groups excluding carboxylic acids is 3. The number of hydrogen-bond acceptors (Lipinski definition) is 5. The fraction of sp³-hybridized carbons (Fsp3) is 0.136. The molecule has 0 aliphatic heterocycles. The summed E-state index contributed by atoms with van der Waals surface area (Å²) in [5, 5.41) is 7.45. The van der Waals surface area contributed by atoms with Gasteiger partial charge in [-0.1, -0.05) is 30.3 Å². The summed E-state index contributed by atoms with van der Waals surface area (Å²) in [5.41, 5.74) is 1.96. The maximum Gasteiger partial charge on any atom is 0.286 e. The second-order valence-corrected chi connectivity index (χ2v) is 8.51. The molecule has 0 bridgehead atoms. The van der Waals surface area contributed by atoms with Gasteiger partial charge in [0.15, 0.2) is 0 Å². The first-order valence-electron chi connectivity index (χ1n) is 9.14. The average molecular weight is 440 g/mol. The number of amides is 3. The summed E-state index contributed by atoms with van der Waals surface area (Å²) in [6.45, 7) is 0.380. The molecule has 6 nitrogen and oxygen atoms in total. The number of thioether (sulfide) groups is 1. The Morgan fingerprint density at radius 2 is 1.67 bits per heavy atom. The van der Waals surface area contributed by atoms with Gasteiger partial charge in [0.2, 0.25) is 0 Å². The molecule has 0 spiro atoms. The van der Waals surface area contributed by atoms with E-state index in [0.717, 1.165) is 17.3 Å². The van der Waals surface area contributed by atoms with E-state index in [1.165, 1.54) is 16.2 Å². The summed E-state index contributed by atoms with van der Waals surface area (Å²) in [5.74, 6) is -0.386. The van der Waals surface area contributed by atoms with Crippen LogP contribution in [0.1, 0.15) is 25.6 Å². The van der Waals surface area contributed by atoms with Crippen molar-refractivity contribution in [1.82, 2.24) is 10.2 Å². The van der Waals surface area contributed by atoms with Crippen LogP contribution in [0.2, 0.25) is 0 Å². The van der Waals surface area contributed by atoms with Crippen LogP contribution in [-0.2, 0) is 6.54 Å². The molecule has 0 radical (unpaired) electrons. The van der Waals surface area contributed by atoms with Gasteiger partial charge in [-0.15, -0.1) is 11.3 Å². The third kappa shape index (κ3) is 5.71. The third-order valence-corrected chi connectivity index (χ3v) is 6.10. The highest BCUT2D eigenvalue weighted by Crippen LogP contribution is 2.29. The summed E-state index contributed by atoms with van der Waals surface area (Å²) in [4.78, 5) is 39.5. The first-order valence-corrected chi connectivity index (χ1v) is 10.8. The number of rotatable bonds is 6. The number of anilines is 1. The van der Waals surface area contributed by atoms with Gasteiger partial charge in [0, 0.05) is 31.1 Å². The highest BCUT2D eigenvalue weighted by atomic mass is 32.2. The molecule has 0 saturated carbocycles. The summed E-state index contributed by atoms with van der Waals surface area (Å²) in [6, 6.07) is 17.8. The minimum Gasteiger partial charge on any atom is -0.347 e. The van der Waals surface area contributed by atoms with Crippen molar-refractivity contribution < 1.29 is 14.4 Å². The molecule has 8 heteroatoms. The van der Waals surface area contributed by atoms with Gasteiger partial charge in [-0.2, -0.15) is 0 Å². The second-order valence-electron chi connectivity index (χ2n) is 6.57. The van der Waals surface area contributed by atoms with Crippen LogP contribution in [0.3, 0.4) is 0 Å². The lowest BCUT2D eigenvalue weighted by molar-refractivity contribution is 0.0953. The summed E-state index contributed by atoms with van der Waals surface area (Å²) in [7, 11) is 3.36. The second kappa shape index (κ2) is 10.1. The van der Waals surface area contributed by atoms with Gasteiger partial charge in [0.05, 0.1) is 10.6 Å². The lowest BCUT2D eigenvalue weighted by Crippen LogP contribution is -2.21. The van der Waals surface area contributed by atoms with Crippen molar-refractivity contribution in [2.75, 3.05) is 19.4 Å². The number of hydrogen-bond donors (Lipinski definition) is 2. The van der Waals surface area contributed by atoms with E-state index in [1.807, 2.05) is 17.5 Å². The first-order chi connectivity index (χ1) is 14.4. The van der Waals surface area contributed by atoms with Crippen molar-refractivity contribution in [3.05, 3.63) is 82.0 Å². The fourth-order valence-corrected chi connectivity index (χ4v) is 3.88. The molecule has 0 saturated heterocycles. The lowest BCUT2D eigenvalue weighted by atomic mass is 10.1. The van der Waals surface area contributed by atoms with Gasteiger partial charge in [0.25, 0.3) is 17.1 Å². The monoisotopic (exact) mass is 439 g/mol. The summed E-state index contributed by atoms with van der Waals surface area (Å²) in [6.07, 6.45) is 0. The van der Waals surface area contributed by atoms with Gasteiger partial charge in [0.1, 0.15) is 0 Å². The van der Waals surface area contributed by atoms with E-state index in [9.17, 15) is 14.4 Å². The Balaban J connectivity index is 1.61. The van der Waals surface area contributed by atoms with Gasteiger partial charge < -0.3 is 15.5 Å². The fourth-order valence-electron chi connectivity index (χ4n) is 2.49. The molecule has 0 aliphatic rings. The van der Waals surface area contributed by atoms with Crippen LogP contribution in [0, 0.1) is 0 Å². The molecule has 2 aromatic carbocycles. The van der Waals surface area contributed by atoms with Crippen molar-refractivity contribution in [1.29, 1.82) is 0 Å². The Labute approximate surface area is 183 Å². The molecule has 1 heterocycles. The zero-order valence-electron chi connectivity index (χ0n) is 16.5. The van der Waals surface area contributed by atoms with Crippen LogP contribution in [0.5, 0.6) is 0 Å². The highest BCUT2D eigenvalue weighted by Gasteiger charge is 2.13. The first kappa shape index (κ1) is 21.6. The van der Waals surface area contributed by atoms with Crippen molar-refractivity contribution in [3.63, 3.8) is 0 Å². The molecule has 0 unspecified atom stereocenters. The quantitative estimate of drug-likeness (QED) is 0.546. The number of carbonyl (C=O) groups is 3. The molecular formula is C22H21N3O3S2. The summed E-state index contributed by atoms with van der Waals surface area (Å²) < 4.78 is 0. The van der Waals surface area contributed by atoms with E-state index in [1.54, 1.807) is 62.6 Å². The van der Waals surface area contributed by atoms with E-state index in [0.29, 0.717) is 27.6 Å². The molecule has 30 heavy (non-hydrogen) atoms. The molecule has 154 valence electrons. The van der Waals surface area contributed by atoms with E-state index in [2.05, 4.69) is 10.6 Å². The van der Waals surface area contributed by atoms with Crippen molar-refractivity contribution in [2.45, 2.75) is 11.4 Å². The third-order valence-electron chi connectivity index (χ3n) is 4.11. The topological polar surface area (TPSA) is 78.5 Å². The Morgan fingerprint density at radius 3 is 2.33 bits per heavy atom. The van der Waals surface area contributed by atoms with E-state index >= 15 is 0 Å². The van der Waals surface area contributed by atoms with E-state index in [4.69, 9.17) is 0 Å². The van der Waals surface area contributed by atoms with E-state index in [-0.39, 0.29) is 17.1 Å². The predicted octanol–water partition coefficient (Wildman–Crippen LogP) is 4.70. The van der Waals surface area contributed by atoms with Gasteiger partial charge in [-0.3, -0.25) is 14.4 Å². The van der Waals surface area contributed by atoms with Gasteiger partial charge >= 0.3 is 0 Å². The smallest absolute Gasteiger partial charge is 0.286 e. The van der Waals surface area contributed by atoms with Crippen LogP contribution >= 0.6 is 23.1 Å². The van der Waals surface area contributed by atoms with Crippen LogP contribution in [-0.4, -0.2) is 36.0 Å². The van der Waals surface area contributed by atoms with Crippen LogP contribution in [0.25, 0.3) is 0 Å². The largest absolute Gasteiger partial charge is 0.347 e. The molecule has 3 amide bonds. The summed E-state index contributed by atoms with van der Waals surface area (Å²) >= 11 is 2.45. The van der Waals surface area contributed by atoms with Crippen molar-refractivity contribution in [2.24, 2.45) is 0 Å². The molecule has 3 aromatic rings. The number of thiophene rings is 1. The molecule has 2 N–H and O–H groups in total. The van der Waals surface area contributed by atoms with Crippen molar-refractivity contribution >= 4 is 45.8 Å². The maximum absolute atomic E-state index is 12.6. The number of benzene rings is 2. The number of nitrogens with zero attached hydrogens (tertiary/aromatic N) is 1. The molecule has 0 atom stereocenters. The highest BCUT2D eigenvalue weighted by molar-refractivity contribution is 8.13. The number of nitrogens with one attached hydrogen (secondary N) is 2. The Morgan fingerprint density at radius 1 is 0.933 bits per heavy atom. The Hall–Kier alpha value is -3.10. The lowest BCUT2D eigenvalue weighted by Gasteiger charge is -2.13. The zero-order chi connectivity index (χ0) is 21.5. The Bertz CT molecular complexity index is 1030. The maximum atomic E-state index is 12.6. The number of para-hydroxylation sites is 1. The zero-order valence-corrected chi connectivity index (χ0v) is 18.2. The van der Waals surface area contributed by atoms with Gasteiger partial charge in [-0.05, 0) is 53.0 Å². The SMILES string of the molecule is CN(C)C(=O)Sc1ccccc1NC(=O)c1ccc(CNC(=O)c2cccs2)cc1. The minimum atomic E-state index is -0.269. The van der Waals surface area contributed by atoms with Crippen LogP contribution < -0.4 is 10.6 Å². The molecule has 0 aliphatic carbocycles. The van der Waals surface area contributed by atoms with E-state index < -0.39 is 0 Å². The predicted molar refractivity (Wildman–Crippen MR) is 121 cm³/mol.